The average Bonchev–Trinajstić information content (AvgIpc) is 2.70. The molecule has 0 N–H and O–H groups in total. The van der Waals surface area contributed by atoms with Gasteiger partial charge in [0.2, 0.25) is 0 Å². The number of benzene rings is 2. The molecule has 0 aromatic heterocycles. The molecule has 28 heavy (non-hydrogen) atoms. The molecule has 0 fully saturated rings. The van der Waals surface area contributed by atoms with Gasteiger partial charge in [0.05, 0.1) is 5.71 Å². The summed E-state index contributed by atoms with van der Waals surface area (Å²) >= 11 is 0. The molecule has 0 radical (unpaired) electrons. The Labute approximate surface area is 166 Å². The van der Waals surface area contributed by atoms with Crippen molar-refractivity contribution in [3.05, 3.63) is 101 Å². The lowest BCUT2D eigenvalue weighted by Crippen LogP contribution is -2.18. The number of fused-ring (bicyclic) bond motifs is 1. The van der Waals surface area contributed by atoms with Crippen molar-refractivity contribution in [1.29, 1.82) is 0 Å². The lowest BCUT2D eigenvalue weighted by molar-refractivity contribution is 0.509. The molecule has 0 spiro atoms. The third-order valence-corrected chi connectivity index (χ3v) is 5.01. The Morgan fingerprint density at radius 3 is 2.36 bits per heavy atom. The van der Waals surface area contributed by atoms with Crippen molar-refractivity contribution in [1.82, 2.24) is 4.90 Å². The number of nitrogens with zero attached hydrogens (tertiary/aromatic N) is 2. The molecule has 0 heterocycles. The first-order valence-electron chi connectivity index (χ1n) is 9.24. The van der Waals surface area contributed by atoms with E-state index in [4.69, 9.17) is 4.99 Å². The molecule has 0 atom stereocenters. The van der Waals surface area contributed by atoms with Crippen molar-refractivity contribution < 1.29 is 4.39 Å². The summed E-state index contributed by atoms with van der Waals surface area (Å²) in [6.07, 6.45) is 3.77. The van der Waals surface area contributed by atoms with E-state index in [-0.39, 0.29) is 5.82 Å². The topological polar surface area (TPSA) is 15.6 Å². The second-order valence-corrected chi connectivity index (χ2v) is 6.96. The highest BCUT2D eigenvalue weighted by atomic mass is 19.1. The molecule has 2 aromatic rings. The molecule has 0 saturated heterocycles. The van der Waals surface area contributed by atoms with Crippen LogP contribution in [0.25, 0.3) is 17.2 Å². The fraction of sp³-hybridized carbons (Fsp3) is 0.160. The summed E-state index contributed by atoms with van der Waals surface area (Å²) < 4.78 is 14.9. The standard InChI is InChI=1S/C25H25FN2/c1-7-18-13-14-23(26)22(15-18)24-16(3)25(27-17(4)28(5)6)21-12-10-9-11-20(21)19(24)8-2/h7-15H,1,4H2,2-3,5-6H3/b19-8-,27-25?. The molecule has 1 aliphatic carbocycles. The molecule has 2 aromatic carbocycles. The molecule has 0 saturated carbocycles. The van der Waals surface area contributed by atoms with Gasteiger partial charge >= 0.3 is 0 Å². The summed E-state index contributed by atoms with van der Waals surface area (Å²) in [5.74, 6) is 0.386. The summed E-state index contributed by atoms with van der Waals surface area (Å²) in [5.41, 5.74) is 7.10. The lowest BCUT2D eigenvalue weighted by atomic mass is 9.78. The van der Waals surface area contributed by atoms with Crippen LogP contribution in [0.3, 0.4) is 0 Å². The first-order valence-corrected chi connectivity index (χ1v) is 9.24. The molecule has 3 heteroatoms. The Hall–Kier alpha value is -3.20. The van der Waals surface area contributed by atoms with Gasteiger partial charge in [0.25, 0.3) is 0 Å². The summed E-state index contributed by atoms with van der Waals surface area (Å²) in [4.78, 5) is 6.66. The second kappa shape index (κ2) is 7.81. The summed E-state index contributed by atoms with van der Waals surface area (Å²) in [6, 6.07) is 13.2. The second-order valence-electron chi connectivity index (χ2n) is 6.96. The van der Waals surface area contributed by atoms with Crippen LogP contribution in [0.2, 0.25) is 0 Å². The number of aliphatic imine (C=N–C) groups is 1. The van der Waals surface area contributed by atoms with Gasteiger partial charge in [-0.1, -0.05) is 55.6 Å². The van der Waals surface area contributed by atoms with Crippen LogP contribution in [-0.4, -0.2) is 24.7 Å². The fourth-order valence-electron chi connectivity index (χ4n) is 3.46. The van der Waals surface area contributed by atoms with Crippen molar-refractivity contribution in [3.8, 4) is 0 Å². The predicted molar refractivity (Wildman–Crippen MR) is 119 cm³/mol. The van der Waals surface area contributed by atoms with E-state index in [9.17, 15) is 4.39 Å². The number of hydrogen-bond acceptors (Lipinski definition) is 2. The molecule has 1 aliphatic rings. The van der Waals surface area contributed by atoms with Gasteiger partial charge in [-0.2, -0.15) is 0 Å². The van der Waals surface area contributed by atoms with Crippen molar-refractivity contribution in [2.24, 2.45) is 4.99 Å². The van der Waals surface area contributed by atoms with Gasteiger partial charge in [0.15, 0.2) is 0 Å². The van der Waals surface area contributed by atoms with Crippen LogP contribution < -0.4 is 0 Å². The minimum absolute atomic E-state index is 0.260. The van der Waals surface area contributed by atoms with Gasteiger partial charge in [-0.25, -0.2) is 9.38 Å². The maximum absolute atomic E-state index is 14.9. The smallest absolute Gasteiger partial charge is 0.131 e. The zero-order valence-corrected chi connectivity index (χ0v) is 16.9. The average molecular weight is 372 g/mol. The molecule has 142 valence electrons. The predicted octanol–water partition coefficient (Wildman–Crippen LogP) is 6.18. The van der Waals surface area contributed by atoms with Crippen LogP contribution in [0, 0.1) is 5.82 Å². The van der Waals surface area contributed by atoms with E-state index >= 15 is 0 Å². The van der Waals surface area contributed by atoms with E-state index in [2.05, 4.69) is 25.3 Å². The highest BCUT2D eigenvalue weighted by Gasteiger charge is 2.27. The van der Waals surface area contributed by atoms with Crippen molar-refractivity contribution >= 4 is 22.9 Å². The SMILES string of the molecule is C=Cc1ccc(F)c(C2=C(C)C(=NC(=C)N(C)C)c3ccccc3/C2=C/C)c1. The molecule has 0 bridgehead atoms. The Bertz CT molecular complexity index is 1050. The molecule has 0 unspecified atom stereocenters. The van der Waals surface area contributed by atoms with Crippen molar-refractivity contribution in [3.63, 3.8) is 0 Å². The summed E-state index contributed by atoms with van der Waals surface area (Å²) in [5, 5.41) is 0. The summed E-state index contributed by atoms with van der Waals surface area (Å²) in [7, 11) is 3.82. The van der Waals surface area contributed by atoms with Crippen LogP contribution >= 0.6 is 0 Å². The lowest BCUT2D eigenvalue weighted by Gasteiger charge is -2.27. The summed E-state index contributed by atoms with van der Waals surface area (Å²) in [6.45, 7) is 11.9. The normalized spacial score (nSPS) is 16.3. The van der Waals surface area contributed by atoms with Crippen LogP contribution in [-0.2, 0) is 0 Å². The van der Waals surface area contributed by atoms with Gasteiger partial charge in [-0.15, -0.1) is 0 Å². The maximum atomic E-state index is 14.9. The Morgan fingerprint density at radius 1 is 1.07 bits per heavy atom. The number of hydrogen-bond donors (Lipinski definition) is 0. The zero-order valence-electron chi connectivity index (χ0n) is 16.9. The largest absolute Gasteiger partial charge is 0.363 e. The van der Waals surface area contributed by atoms with Crippen LogP contribution in [0.15, 0.2) is 78.1 Å². The van der Waals surface area contributed by atoms with Crippen molar-refractivity contribution in [2.45, 2.75) is 13.8 Å². The molecule has 2 nitrogen and oxygen atoms in total. The van der Waals surface area contributed by atoms with E-state index in [0.717, 1.165) is 39.1 Å². The number of allylic oxidation sites excluding steroid dienone is 4. The monoisotopic (exact) mass is 372 g/mol. The third-order valence-electron chi connectivity index (χ3n) is 5.01. The van der Waals surface area contributed by atoms with E-state index < -0.39 is 0 Å². The highest BCUT2D eigenvalue weighted by molar-refractivity contribution is 6.29. The van der Waals surface area contributed by atoms with Crippen LogP contribution in [0.1, 0.15) is 36.1 Å². The third kappa shape index (κ3) is 3.36. The van der Waals surface area contributed by atoms with Crippen LogP contribution in [0.4, 0.5) is 4.39 Å². The molecular weight excluding hydrogens is 347 g/mol. The molecule has 0 aliphatic heterocycles. The molecule has 3 rings (SSSR count). The Morgan fingerprint density at radius 2 is 1.75 bits per heavy atom. The van der Waals surface area contributed by atoms with Gasteiger partial charge < -0.3 is 4.90 Å². The van der Waals surface area contributed by atoms with Crippen molar-refractivity contribution in [2.75, 3.05) is 14.1 Å². The first kappa shape index (κ1) is 19.6. The van der Waals surface area contributed by atoms with Crippen LogP contribution in [0.5, 0.6) is 0 Å². The Kier molecular flexibility index (Phi) is 5.46. The molecule has 0 amide bonds. The minimum Gasteiger partial charge on any atom is -0.363 e. The van der Waals surface area contributed by atoms with E-state index in [1.807, 2.05) is 57.1 Å². The highest BCUT2D eigenvalue weighted by Crippen LogP contribution is 2.42. The van der Waals surface area contributed by atoms with Gasteiger partial charge in [0, 0.05) is 25.2 Å². The minimum atomic E-state index is -0.260. The first-order chi connectivity index (χ1) is 13.4. The quantitative estimate of drug-likeness (QED) is 0.625. The van der Waals surface area contributed by atoms with Gasteiger partial charge in [0.1, 0.15) is 11.6 Å². The van der Waals surface area contributed by atoms with E-state index in [1.54, 1.807) is 12.1 Å². The van der Waals surface area contributed by atoms with Gasteiger partial charge in [-0.3, -0.25) is 0 Å². The maximum Gasteiger partial charge on any atom is 0.131 e. The molecular formula is C25H25FN2. The number of rotatable bonds is 4. The fourth-order valence-corrected chi connectivity index (χ4v) is 3.46. The van der Waals surface area contributed by atoms with E-state index in [1.165, 1.54) is 6.07 Å². The number of halogens is 1. The zero-order chi connectivity index (χ0) is 20.4. The van der Waals surface area contributed by atoms with Gasteiger partial charge in [-0.05, 0) is 53.8 Å². The van der Waals surface area contributed by atoms with E-state index in [0.29, 0.717) is 11.4 Å². The Balaban J connectivity index is 2.37.